The highest BCUT2D eigenvalue weighted by molar-refractivity contribution is 6.46. The molecule has 0 radical (unpaired) electrons. The number of likely N-dealkylation sites (tertiary alicyclic amines) is 1. The lowest BCUT2D eigenvalue weighted by Gasteiger charge is -2.26. The zero-order valence-corrected chi connectivity index (χ0v) is 22.1. The van der Waals surface area contributed by atoms with E-state index >= 15 is 0 Å². The SMILES string of the molecule is COc1ccc(/C(O)=C2/C(=O)C(=O)N(CCc3c[nH]c4ccccc34)C2c2ccc(C(C)(C)C)cc2)cc1. The van der Waals surface area contributed by atoms with Gasteiger partial charge in [0.05, 0.1) is 18.7 Å². The van der Waals surface area contributed by atoms with Crippen molar-refractivity contribution in [1.82, 2.24) is 9.88 Å². The zero-order chi connectivity index (χ0) is 27.0. The first-order valence-electron chi connectivity index (χ1n) is 12.8. The summed E-state index contributed by atoms with van der Waals surface area (Å²) in [5.41, 5.74) is 4.54. The maximum Gasteiger partial charge on any atom is 0.295 e. The first-order chi connectivity index (χ1) is 18.2. The Balaban J connectivity index is 1.56. The third-order valence-electron chi connectivity index (χ3n) is 7.29. The Morgan fingerprint density at radius 2 is 1.66 bits per heavy atom. The van der Waals surface area contributed by atoms with Crippen molar-refractivity contribution < 1.29 is 19.4 Å². The minimum Gasteiger partial charge on any atom is -0.507 e. The number of methoxy groups -OCH3 is 1. The number of aromatic nitrogens is 1. The number of ether oxygens (including phenoxy) is 1. The van der Waals surface area contributed by atoms with Crippen LogP contribution in [0.15, 0.2) is 84.6 Å². The van der Waals surface area contributed by atoms with E-state index in [0.29, 0.717) is 24.3 Å². The molecule has 0 aliphatic carbocycles. The van der Waals surface area contributed by atoms with Crippen LogP contribution in [0.2, 0.25) is 0 Å². The fourth-order valence-electron chi connectivity index (χ4n) is 5.11. The molecule has 2 heterocycles. The van der Waals surface area contributed by atoms with E-state index in [1.807, 2.05) is 54.7 Å². The number of fused-ring (bicyclic) bond motifs is 1. The number of nitrogens with one attached hydrogen (secondary N) is 1. The van der Waals surface area contributed by atoms with Gasteiger partial charge in [0.25, 0.3) is 11.7 Å². The molecule has 0 saturated carbocycles. The van der Waals surface area contributed by atoms with Crippen molar-refractivity contribution in [3.63, 3.8) is 0 Å². The predicted molar refractivity (Wildman–Crippen MR) is 149 cm³/mol. The summed E-state index contributed by atoms with van der Waals surface area (Å²) in [4.78, 5) is 31.6. The number of aromatic amines is 1. The Morgan fingerprint density at radius 1 is 0.974 bits per heavy atom. The maximum absolute atomic E-state index is 13.4. The highest BCUT2D eigenvalue weighted by Crippen LogP contribution is 2.40. The van der Waals surface area contributed by atoms with Crippen molar-refractivity contribution in [1.29, 1.82) is 0 Å². The molecule has 1 amide bonds. The molecule has 6 heteroatoms. The quantitative estimate of drug-likeness (QED) is 0.186. The number of benzene rings is 3. The Kier molecular flexibility index (Phi) is 6.57. The molecule has 1 atom stereocenters. The summed E-state index contributed by atoms with van der Waals surface area (Å²) in [6.45, 7) is 6.74. The van der Waals surface area contributed by atoms with Crippen LogP contribution in [-0.4, -0.2) is 40.3 Å². The maximum atomic E-state index is 13.4. The minimum absolute atomic E-state index is 0.0429. The first-order valence-corrected chi connectivity index (χ1v) is 12.8. The van der Waals surface area contributed by atoms with Crippen molar-refractivity contribution in [3.05, 3.63) is 107 Å². The van der Waals surface area contributed by atoms with Gasteiger partial charge in [-0.3, -0.25) is 9.59 Å². The lowest BCUT2D eigenvalue weighted by molar-refractivity contribution is -0.139. The smallest absolute Gasteiger partial charge is 0.295 e. The van der Waals surface area contributed by atoms with E-state index in [0.717, 1.165) is 27.6 Å². The van der Waals surface area contributed by atoms with Gasteiger partial charge in [0.1, 0.15) is 11.5 Å². The Hall–Kier alpha value is -4.32. The summed E-state index contributed by atoms with van der Waals surface area (Å²) in [6.07, 6.45) is 2.52. The summed E-state index contributed by atoms with van der Waals surface area (Å²) in [6, 6.07) is 22.1. The molecule has 1 aromatic heterocycles. The molecule has 1 saturated heterocycles. The Morgan fingerprint density at radius 3 is 2.32 bits per heavy atom. The fourth-order valence-corrected chi connectivity index (χ4v) is 5.11. The van der Waals surface area contributed by atoms with Gasteiger partial charge in [0.2, 0.25) is 0 Å². The van der Waals surface area contributed by atoms with Gasteiger partial charge >= 0.3 is 0 Å². The van der Waals surface area contributed by atoms with Crippen LogP contribution in [0, 0.1) is 0 Å². The van der Waals surface area contributed by atoms with E-state index in [4.69, 9.17) is 4.74 Å². The molecular weight excluding hydrogens is 476 g/mol. The number of aliphatic hydroxyl groups excluding tert-OH is 1. The largest absolute Gasteiger partial charge is 0.507 e. The standard InChI is InChI=1S/C32H32N2O4/c1-32(2,3)23-13-9-20(10-14-23)28-27(29(35)21-11-15-24(38-4)16-12-21)30(36)31(37)34(28)18-17-22-19-33-26-8-6-5-7-25(22)26/h5-16,19,28,33,35H,17-18H2,1-4H3/b29-27-. The molecule has 0 bridgehead atoms. The molecule has 1 unspecified atom stereocenters. The van der Waals surface area contributed by atoms with Crippen LogP contribution in [-0.2, 0) is 21.4 Å². The topological polar surface area (TPSA) is 82.6 Å². The molecule has 4 aromatic rings. The van der Waals surface area contributed by atoms with E-state index in [1.165, 1.54) is 0 Å². The lowest BCUT2D eigenvalue weighted by atomic mass is 9.85. The molecule has 5 rings (SSSR count). The molecule has 2 N–H and O–H groups in total. The minimum atomic E-state index is -0.698. The number of aliphatic hydroxyl groups is 1. The molecule has 6 nitrogen and oxygen atoms in total. The lowest BCUT2D eigenvalue weighted by Crippen LogP contribution is -2.31. The number of carbonyl (C=O) groups is 2. The normalized spacial score (nSPS) is 17.4. The number of nitrogens with zero attached hydrogens (tertiary/aromatic N) is 1. The van der Waals surface area contributed by atoms with Crippen LogP contribution in [0.5, 0.6) is 5.75 Å². The molecular formula is C32H32N2O4. The van der Waals surface area contributed by atoms with Crippen LogP contribution in [0.3, 0.4) is 0 Å². The van der Waals surface area contributed by atoms with Gasteiger partial charge < -0.3 is 19.7 Å². The van der Waals surface area contributed by atoms with Gasteiger partial charge in [-0.2, -0.15) is 0 Å². The second-order valence-electron chi connectivity index (χ2n) is 10.7. The number of amides is 1. The van der Waals surface area contributed by atoms with Crippen molar-refractivity contribution in [3.8, 4) is 5.75 Å². The highest BCUT2D eigenvalue weighted by atomic mass is 16.5. The number of rotatable bonds is 6. The van der Waals surface area contributed by atoms with E-state index in [2.05, 4.69) is 25.8 Å². The number of para-hydroxylation sites is 1. The van der Waals surface area contributed by atoms with Crippen molar-refractivity contribution in [2.24, 2.45) is 0 Å². The van der Waals surface area contributed by atoms with Crippen LogP contribution in [0.4, 0.5) is 0 Å². The third kappa shape index (κ3) is 4.58. The number of ketones is 1. The van der Waals surface area contributed by atoms with Gasteiger partial charge in [0.15, 0.2) is 0 Å². The third-order valence-corrected chi connectivity index (χ3v) is 7.29. The molecule has 1 fully saturated rings. The molecule has 38 heavy (non-hydrogen) atoms. The zero-order valence-electron chi connectivity index (χ0n) is 22.1. The molecule has 1 aliphatic heterocycles. The summed E-state index contributed by atoms with van der Waals surface area (Å²) in [5.74, 6) is -0.840. The molecule has 1 aliphatic rings. The van der Waals surface area contributed by atoms with Crippen molar-refractivity contribution in [2.75, 3.05) is 13.7 Å². The predicted octanol–water partition coefficient (Wildman–Crippen LogP) is 6.14. The second-order valence-corrected chi connectivity index (χ2v) is 10.7. The number of hydrogen-bond acceptors (Lipinski definition) is 4. The highest BCUT2D eigenvalue weighted by Gasteiger charge is 2.46. The number of Topliss-reactive ketones (excluding diaryl/α,β-unsaturated/α-hetero) is 1. The van der Waals surface area contributed by atoms with Gasteiger partial charge in [-0.15, -0.1) is 0 Å². The second kappa shape index (κ2) is 9.86. The van der Waals surface area contributed by atoms with Crippen LogP contribution < -0.4 is 4.74 Å². The first kappa shape index (κ1) is 25.3. The summed E-state index contributed by atoms with van der Waals surface area (Å²) >= 11 is 0. The average Bonchev–Trinajstić information content (AvgIpc) is 3.45. The summed E-state index contributed by atoms with van der Waals surface area (Å²) in [5, 5.41) is 12.4. The summed E-state index contributed by atoms with van der Waals surface area (Å²) < 4.78 is 5.23. The molecule has 194 valence electrons. The van der Waals surface area contributed by atoms with Gasteiger partial charge in [-0.25, -0.2) is 0 Å². The van der Waals surface area contributed by atoms with Gasteiger partial charge in [-0.05, 0) is 58.9 Å². The number of carbonyl (C=O) groups excluding carboxylic acids is 2. The Bertz CT molecular complexity index is 1520. The van der Waals surface area contributed by atoms with E-state index in [-0.39, 0.29) is 16.7 Å². The monoisotopic (exact) mass is 508 g/mol. The van der Waals surface area contributed by atoms with E-state index in [1.54, 1.807) is 36.3 Å². The molecule has 0 spiro atoms. The van der Waals surface area contributed by atoms with Crippen LogP contribution in [0.1, 0.15) is 49.1 Å². The number of H-pyrrole nitrogens is 1. The van der Waals surface area contributed by atoms with Crippen LogP contribution >= 0.6 is 0 Å². The Labute approximate surface area is 222 Å². The van der Waals surface area contributed by atoms with Crippen molar-refractivity contribution >= 4 is 28.4 Å². The van der Waals surface area contributed by atoms with E-state index in [9.17, 15) is 14.7 Å². The van der Waals surface area contributed by atoms with Gasteiger partial charge in [0, 0.05) is 29.2 Å². The number of hydrogen-bond donors (Lipinski definition) is 2. The molecule has 3 aromatic carbocycles. The van der Waals surface area contributed by atoms with Gasteiger partial charge in [-0.1, -0.05) is 63.2 Å². The summed E-state index contributed by atoms with van der Waals surface area (Å²) in [7, 11) is 1.56. The van der Waals surface area contributed by atoms with Crippen molar-refractivity contribution in [2.45, 2.75) is 38.6 Å². The fraction of sp³-hybridized carbons (Fsp3) is 0.250. The average molecular weight is 509 g/mol. The van der Waals surface area contributed by atoms with E-state index < -0.39 is 17.7 Å². The van der Waals surface area contributed by atoms with Crippen LogP contribution in [0.25, 0.3) is 16.7 Å².